The second-order valence-corrected chi connectivity index (χ2v) is 8.84. The number of aliphatic imine (C=N–C) groups is 1. The number of amides is 1. The number of carbonyl (C=O) groups excluding carboxylic acids is 1. The van der Waals surface area contributed by atoms with Crippen LogP contribution in [-0.2, 0) is 4.79 Å². The van der Waals surface area contributed by atoms with Crippen molar-refractivity contribution >= 4 is 40.6 Å². The quantitative estimate of drug-likeness (QED) is 0.570. The molecule has 0 unspecified atom stereocenters. The number of carbonyl (C=O) groups is 2. The van der Waals surface area contributed by atoms with E-state index in [-0.39, 0.29) is 17.5 Å². The predicted octanol–water partition coefficient (Wildman–Crippen LogP) is 5.72. The molecule has 166 valence electrons. The summed E-state index contributed by atoms with van der Waals surface area (Å²) in [7, 11) is 0. The van der Waals surface area contributed by atoms with E-state index >= 15 is 0 Å². The molecule has 1 saturated heterocycles. The first-order valence-corrected chi connectivity index (χ1v) is 11.7. The van der Waals surface area contributed by atoms with E-state index in [0.29, 0.717) is 22.4 Å². The topological polar surface area (TPSA) is 79.2 Å². The van der Waals surface area contributed by atoms with Gasteiger partial charge in [-0.2, -0.15) is 0 Å². The Hall–Kier alpha value is -3.06. The predicted molar refractivity (Wildman–Crippen MR) is 127 cm³/mol. The lowest BCUT2D eigenvalue weighted by atomic mass is 9.94. The largest absolute Gasteiger partial charge is 0.494 e. The van der Waals surface area contributed by atoms with Gasteiger partial charge in [-0.15, -0.1) is 0 Å². The fourth-order valence-electron chi connectivity index (χ4n) is 4.02. The summed E-state index contributed by atoms with van der Waals surface area (Å²) in [4.78, 5) is 31.9. The van der Waals surface area contributed by atoms with E-state index in [4.69, 9.17) is 9.73 Å². The summed E-state index contributed by atoms with van der Waals surface area (Å²) in [6.45, 7) is 2.55. The van der Waals surface area contributed by atoms with Gasteiger partial charge in [0.1, 0.15) is 5.75 Å². The molecule has 2 aromatic carbocycles. The highest BCUT2D eigenvalue weighted by atomic mass is 32.2. The second kappa shape index (κ2) is 10.0. The van der Waals surface area contributed by atoms with Crippen LogP contribution in [0.25, 0.3) is 6.08 Å². The minimum Gasteiger partial charge on any atom is -0.494 e. The Kier molecular flexibility index (Phi) is 6.95. The standard InChI is InChI=1S/C25H26N2O4S/c1-2-31-21-13-11-17(12-14-21)15-22-23(28)27(20-9-4-3-5-10-20)25(32-22)26-19-8-6-7-18(16-19)24(29)30/h6-8,11-16,20H,2-5,9-10H2,1H3,(H,29,30)/b22-15-,26-25?. The van der Waals surface area contributed by atoms with Crippen molar-refractivity contribution in [3.8, 4) is 5.75 Å². The van der Waals surface area contributed by atoms with E-state index in [2.05, 4.69) is 0 Å². The lowest BCUT2D eigenvalue weighted by Crippen LogP contribution is -2.40. The minimum absolute atomic E-state index is 0.0380. The van der Waals surface area contributed by atoms with Gasteiger partial charge in [-0.1, -0.05) is 37.5 Å². The van der Waals surface area contributed by atoms with E-state index in [9.17, 15) is 14.7 Å². The van der Waals surface area contributed by atoms with E-state index in [1.165, 1.54) is 30.3 Å². The number of carboxylic acid groups (broad SMARTS) is 1. The number of nitrogens with zero attached hydrogens (tertiary/aromatic N) is 2. The molecule has 1 heterocycles. The Morgan fingerprint density at radius 1 is 1.19 bits per heavy atom. The number of benzene rings is 2. The average Bonchev–Trinajstić information content (AvgIpc) is 3.10. The Morgan fingerprint density at radius 2 is 1.94 bits per heavy atom. The SMILES string of the molecule is CCOc1ccc(/C=C2\SC(=Nc3cccc(C(=O)O)c3)N(C3CCCCC3)C2=O)cc1. The molecule has 2 fully saturated rings. The molecule has 0 aromatic heterocycles. The molecule has 2 aliphatic rings. The van der Waals surface area contributed by atoms with Crippen molar-refractivity contribution in [2.24, 2.45) is 4.99 Å². The van der Waals surface area contributed by atoms with Crippen molar-refractivity contribution in [3.63, 3.8) is 0 Å². The molecule has 1 saturated carbocycles. The first-order valence-electron chi connectivity index (χ1n) is 10.9. The fraction of sp³-hybridized carbons (Fsp3) is 0.320. The third kappa shape index (κ3) is 5.05. The van der Waals surface area contributed by atoms with E-state index in [1.807, 2.05) is 42.2 Å². The zero-order valence-corrected chi connectivity index (χ0v) is 18.8. The molecule has 1 N–H and O–H groups in total. The van der Waals surface area contributed by atoms with Gasteiger partial charge in [-0.05, 0) is 73.5 Å². The third-order valence-electron chi connectivity index (χ3n) is 5.58. The first-order chi connectivity index (χ1) is 15.5. The number of carboxylic acids is 1. The lowest BCUT2D eigenvalue weighted by Gasteiger charge is -2.30. The molecule has 32 heavy (non-hydrogen) atoms. The van der Waals surface area contributed by atoms with Crippen molar-refractivity contribution in [1.29, 1.82) is 0 Å². The summed E-state index contributed by atoms with van der Waals surface area (Å²) < 4.78 is 5.50. The fourth-order valence-corrected chi connectivity index (χ4v) is 5.08. The molecule has 2 aromatic rings. The van der Waals surface area contributed by atoms with Crippen LogP contribution in [0.15, 0.2) is 58.4 Å². The zero-order chi connectivity index (χ0) is 22.5. The lowest BCUT2D eigenvalue weighted by molar-refractivity contribution is -0.124. The first kappa shape index (κ1) is 22.1. The number of rotatable bonds is 6. The Balaban J connectivity index is 1.66. The van der Waals surface area contributed by atoms with Crippen molar-refractivity contribution in [3.05, 3.63) is 64.6 Å². The third-order valence-corrected chi connectivity index (χ3v) is 6.57. The van der Waals surface area contributed by atoms with Crippen LogP contribution in [0, 0.1) is 0 Å². The number of ether oxygens (including phenoxy) is 1. The molecule has 1 aliphatic heterocycles. The molecule has 6 nitrogen and oxygen atoms in total. The van der Waals surface area contributed by atoms with Crippen molar-refractivity contribution in [1.82, 2.24) is 4.90 Å². The highest BCUT2D eigenvalue weighted by Crippen LogP contribution is 2.38. The van der Waals surface area contributed by atoms with E-state index in [1.54, 1.807) is 12.1 Å². The number of hydrogen-bond acceptors (Lipinski definition) is 5. The van der Waals surface area contributed by atoms with Gasteiger partial charge in [0.25, 0.3) is 5.91 Å². The normalized spacial score (nSPS) is 19.7. The van der Waals surface area contributed by atoms with Crippen LogP contribution < -0.4 is 4.74 Å². The van der Waals surface area contributed by atoms with Gasteiger partial charge in [0.05, 0.1) is 22.8 Å². The summed E-state index contributed by atoms with van der Waals surface area (Å²) in [5.41, 5.74) is 1.63. The summed E-state index contributed by atoms with van der Waals surface area (Å²) in [5, 5.41) is 9.90. The molecule has 0 bridgehead atoms. The number of hydrogen-bond donors (Lipinski definition) is 1. The smallest absolute Gasteiger partial charge is 0.335 e. The van der Waals surface area contributed by atoms with Gasteiger partial charge in [0, 0.05) is 6.04 Å². The summed E-state index contributed by atoms with van der Waals surface area (Å²) in [6.07, 6.45) is 7.17. The maximum atomic E-state index is 13.4. The number of thioether (sulfide) groups is 1. The van der Waals surface area contributed by atoms with Crippen LogP contribution in [-0.4, -0.2) is 39.7 Å². The highest BCUT2D eigenvalue weighted by Gasteiger charge is 2.38. The average molecular weight is 451 g/mol. The van der Waals surface area contributed by atoms with Gasteiger partial charge in [0.2, 0.25) is 0 Å². The van der Waals surface area contributed by atoms with E-state index in [0.717, 1.165) is 37.0 Å². The Labute approximate surface area is 192 Å². The van der Waals surface area contributed by atoms with Crippen molar-refractivity contribution in [2.45, 2.75) is 45.1 Å². The molecule has 0 radical (unpaired) electrons. The molecule has 0 atom stereocenters. The summed E-state index contributed by atoms with van der Waals surface area (Å²) >= 11 is 1.35. The van der Waals surface area contributed by atoms with Gasteiger partial charge in [0.15, 0.2) is 5.17 Å². The number of aromatic carboxylic acids is 1. The van der Waals surface area contributed by atoms with Crippen LogP contribution in [0.3, 0.4) is 0 Å². The molecule has 1 aliphatic carbocycles. The molecular weight excluding hydrogens is 424 g/mol. The van der Waals surface area contributed by atoms with Crippen LogP contribution in [0.2, 0.25) is 0 Å². The van der Waals surface area contributed by atoms with Gasteiger partial charge in [-0.25, -0.2) is 9.79 Å². The second-order valence-electron chi connectivity index (χ2n) is 7.83. The van der Waals surface area contributed by atoms with Crippen molar-refractivity contribution < 1.29 is 19.4 Å². The van der Waals surface area contributed by atoms with Crippen LogP contribution >= 0.6 is 11.8 Å². The molecule has 0 spiro atoms. The van der Waals surface area contributed by atoms with Crippen molar-refractivity contribution in [2.75, 3.05) is 6.61 Å². The maximum Gasteiger partial charge on any atom is 0.335 e. The molecule has 4 rings (SSSR count). The number of amidine groups is 1. The van der Waals surface area contributed by atoms with Gasteiger partial charge >= 0.3 is 5.97 Å². The highest BCUT2D eigenvalue weighted by molar-refractivity contribution is 8.18. The monoisotopic (exact) mass is 450 g/mol. The van der Waals surface area contributed by atoms with Crippen LogP contribution in [0.5, 0.6) is 5.75 Å². The zero-order valence-electron chi connectivity index (χ0n) is 18.0. The van der Waals surface area contributed by atoms with Gasteiger partial charge in [-0.3, -0.25) is 9.69 Å². The maximum absolute atomic E-state index is 13.4. The minimum atomic E-state index is -0.998. The van der Waals surface area contributed by atoms with Crippen LogP contribution in [0.1, 0.15) is 54.9 Å². The molecular formula is C25H26N2O4S. The van der Waals surface area contributed by atoms with E-state index < -0.39 is 5.97 Å². The Bertz CT molecular complexity index is 1060. The Morgan fingerprint density at radius 3 is 2.62 bits per heavy atom. The van der Waals surface area contributed by atoms with Crippen LogP contribution in [0.4, 0.5) is 5.69 Å². The molecule has 7 heteroatoms. The van der Waals surface area contributed by atoms with Gasteiger partial charge < -0.3 is 9.84 Å². The molecule has 1 amide bonds. The summed E-state index contributed by atoms with van der Waals surface area (Å²) in [5.74, 6) is -0.240. The summed E-state index contributed by atoms with van der Waals surface area (Å²) in [6, 6.07) is 14.3.